The summed E-state index contributed by atoms with van der Waals surface area (Å²) in [5.41, 5.74) is 4.16. The average Bonchev–Trinajstić information content (AvgIpc) is 3.17. The number of benzene rings is 3. The van der Waals surface area contributed by atoms with Crippen molar-refractivity contribution in [1.29, 1.82) is 0 Å². The van der Waals surface area contributed by atoms with E-state index in [1.807, 2.05) is 12.1 Å². The van der Waals surface area contributed by atoms with E-state index in [1.165, 1.54) is 22.0 Å². The van der Waals surface area contributed by atoms with Crippen LogP contribution in [0.5, 0.6) is 5.75 Å². The number of hydrogen-bond donors (Lipinski definition) is 0. The van der Waals surface area contributed by atoms with Gasteiger partial charge in [-0.3, -0.25) is 9.59 Å². The molecule has 0 unspecified atom stereocenters. The Hall–Kier alpha value is -3.14. The van der Waals surface area contributed by atoms with E-state index in [4.69, 9.17) is 4.74 Å². The number of Topliss-reactive ketones (excluding diaryl/α,β-unsaturated/α-hetero) is 1. The first-order valence-corrected chi connectivity index (χ1v) is 11.2. The van der Waals surface area contributed by atoms with Crippen LogP contribution in [0.4, 0.5) is 5.69 Å². The van der Waals surface area contributed by atoms with Gasteiger partial charge in [0.25, 0.3) is 0 Å². The number of fused-ring (bicyclic) bond motifs is 2. The molecular weight excluding hydrogens is 386 g/mol. The predicted molar refractivity (Wildman–Crippen MR) is 123 cm³/mol. The van der Waals surface area contributed by atoms with Gasteiger partial charge in [0, 0.05) is 41.7 Å². The summed E-state index contributed by atoms with van der Waals surface area (Å²) in [6.45, 7) is 4.22. The van der Waals surface area contributed by atoms with Gasteiger partial charge in [-0.2, -0.15) is 0 Å². The second kappa shape index (κ2) is 8.18. The standard InChI is InChI=1S/C27H27NO3/c1-18-6-10-24(23-5-3-2-4-22(18)23)28-14-12-19(13-15-28)7-11-25(29)20-8-9-21-17-27(30)31-26(21)16-20/h2-6,8-10,16,19H,7,11-15,17H2,1H3. The summed E-state index contributed by atoms with van der Waals surface area (Å²) in [6, 6.07) is 18.5. The molecule has 3 aromatic carbocycles. The molecule has 0 amide bonds. The molecule has 4 heteroatoms. The average molecular weight is 414 g/mol. The summed E-state index contributed by atoms with van der Waals surface area (Å²) in [5.74, 6) is 1.02. The van der Waals surface area contributed by atoms with Gasteiger partial charge in [-0.15, -0.1) is 0 Å². The Labute approximate surface area is 182 Å². The number of nitrogens with zero attached hydrogens (tertiary/aromatic N) is 1. The molecule has 0 N–H and O–H groups in total. The first-order chi connectivity index (χ1) is 15.1. The summed E-state index contributed by atoms with van der Waals surface area (Å²) in [7, 11) is 0. The SMILES string of the molecule is Cc1ccc(N2CCC(CCC(=O)c3ccc4c(c3)OC(=O)C4)CC2)c2ccccc12. The molecule has 0 bridgehead atoms. The number of ketones is 1. The number of piperidine rings is 1. The molecule has 31 heavy (non-hydrogen) atoms. The summed E-state index contributed by atoms with van der Waals surface area (Å²) >= 11 is 0. The lowest BCUT2D eigenvalue weighted by molar-refractivity contribution is -0.131. The highest BCUT2D eigenvalue weighted by molar-refractivity contribution is 5.97. The van der Waals surface area contributed by atoms with Gasteiger partial charge in [0.1, 0.15) is 5.75 Å². The van der Waals surface area contributed by atoms with E-state index < -0.39 is 0 Å². The zero-order valence-electron chi connectivity index (χ0n) is 17.9. The molecule has 2 heterocycles. The number of anilines is 1. The minimum absolute atomic E-state index is 0.137. The predicted octanol–water partition coefficient (Wildman–Crippen LogP) is 5.49. The maximum atomic E-state index is 12.7. The van der Waals surface area contributed by atoms with Crippen LogP contribution in [0.1, 0.15) is 47.2 Å². The molecule has 0 saturated carbocycles. The van der Waals surface area contributed by atoms with Crippen LogP contribution < -0.4 is 9.64 Å². The molecule has 2 aliphatic heterocycles. The van der Waals surface area contributed by atoms with Gasteiger partial charge in [-0.05, 0) is 55.2 Å². The fourth-order valence-electron chi connectivity index (χ4n) is 4.93. The highest BCUT2D eigenvalue weighted by Gasteiger charge is 2.24. The van der Waals surface area contributed by atoms with Crippen molar-refractivity contribution in [3.05, 3.63) is 71.3 Å². The smallest absolute Gasteiger partial charge is 0.315 e. The van der Waals surface area contributed by atoms with Gasteiger partial charge in [-0.25, -0.2) is 0 Å². The van der Waals surface area contributed by atoms with E-state index in [0.717, 1.165) is 37.9 Å². The number of hydrogen-bond acceptors (Lipinski definition) is 4. The van der Waals surface area contributed by atoms with Crippen molar-refractivity contribution in [2.24, 2.45) is 5.92 Å². The molecule has 0 radical (unpaired) electrons. The van der Waals surface area contributed by atoms with Gasteiger partial charge >= 0.3 is 5.97 Å². The van der Waals surface area contributed by atoms with Crippen LogP contribution in [0.2, 0.25) is 0 Å². The second-order valence-electron chi connectivity index (χ2n) is 8.81. The third kappa shape index (κ3) is 3.95. The number of carbonyl (C=O) groups excluding carboxylic acids is 2. The van der Waals surface area contributed by atoms with E-state index in [9.17, 15) is 9.59 Å². The number of aryl methyl sites for hydroxylation is 1. The Morgan fingerprint density at radius 2 is 1.81 bits per heavy atom. The molecule has 5 rings (SSSR count). The molecule has 1 saturated heterocycles. The fourth-order valence-corrected chi connectivity index (χ4v) is 4.93. The molecule has 2 aliphatic rings. The molecule has 0 spiro atoms. The highest BCUT2D eigenvalue weighted by atomic mass is 16.5. The van der Waals surface area contributed by atoms with Crippen molar-refractivity contribution in [1.82, 2.24) is 0 Å². The van der Waals surface area contributed by atoms with Crippen molar-refractivity contribution >= 4 is 28.2 Å². The minimum Gasteiger partial charge on any atom is -0.426 e. The summed E-state index contributed by atoms with van der Waals surface area (Å²) in [5, 5.41) is 2.65. The molecule has 158 valence electrons. The van der Waals surface area contributed by atoms with Crippen LogP contribution in [0.3, 0.4) is 0 Å². The maximum Gasteiger partial charge on any atom is 0.315 e. The number of rotatable bonds is 5. The molecule has 0 atom stereocenters. The van der Waals surface area contributed by atoms with Gasteiger partial charge in [-0.1, -0.05) is 42.5 Å². The third-order valence-electron chi connectivity index (χ3n) is 6.80. The lowest BCUT2D eigenvalue weighted by Crippen LogP contribution is -2.34. The Morgan fingerprint density at radius 3 is 2.61 bits per heavy atom. The summed E-state index contributed by atoms with van der Waals surface area (Å²) in [6.07, 6.45) is 3.98. The molecule has 0 aromatic heterocycles. The van der Waals surface area contributed by atoms with E-state index in [-0.39, 0.29) is 11.8 Å². The quantitative estimate of drug-likeness (QED) is 0.315. The Kier molecular flexibility index (Phi) is 5.23. The third-order valence-corrected chi connectivity index (χ3v) is 6.80. The fraction of sp³-hybridized carbons (Fsp3) is 0.333. The van der Waals surface area contributed by atoms with Crippen molar-refractivity contribution in [2.45, 2.75) is 39.0 Å². The van der Waals surface area contributed by atoms with Crippen LogP contribution in [-0.4, -0.2) is 24.8 Å². The maximum absolute atomic E-state index is 12.7. The Morgan fingerprint density at radius 1 is 1.03 bits per heavy atom. The molecule has 4 nitrogen and oxygen atoms in total. The van der Waals surface area contributed by atoms with Gasteiger partial charge in [0.2, 0.25) is 0 Å². The highest BCUT2D eigenvalue weighted by Crippen LogP contribution is 2.33. The van der Waals surface area contributed by atoms with E-state index >= 15 is 0 Å². The number of ether oxygens (including phenoxy) is 1. The van der Waals surface area contributed by atoms with Gasteiger partial charge in [0.05, 0.1) is 6.42 Å². The first-order valence-electron chi connectivity index (χ1n) is 11.2. The first kappa shape index (κ1) is 19.8. The Bertz CT molecular complexity index is 1160. The molecule has 0 aliphatic carbocycles. The largest absolute Gasteiger partial charge is 0.426 e. The lowest BCUT2D eigenvalue weighted by atomic mass is 9.89. The monoisotopic (exact) mass is 413 g/mol. The van der Waals surface area contributed by atoms with E-state index in [1.54, 1.807) is 6.07 Å². The van der Waals surface area contributed by atoms with Gasteiger partial charge in [0.15, 0.2) is 5.78 Å². The summed E-state index contributed by atoms with van der Waals surface area (Å²) < 4.78 is 5.19. The van der Waals surface area contributed by atoms with Crippen molar-refractivity contribution < 1.29 is 14.3 Å². The zero-order chi connectivity index (χ0) is 21.4. The second-order valence-corrected chi connectivity index (χ2v) is 8.81. The normalized spacial score (nSPS) is 16.4. The lowest BCUT2D eigenvalue weighted by Gasteiger charge is -2.34. The molecule has 3 aromatic rings. The van der Waals surface area contributed by atoms with E-state index in [0.29, 0.717) is 30.1 Å². The van der Waals surface area contributed by atoms with Crippen LogP contribution in [-0.2, 0) is 11.2 Å². The molecular formula is C27H27NO3. The molecule has 1 fully saturated rings. The van der Waals surface area contributed by atoms with E-state index in [2.05, 4.69) is 48.2 Å². The van der Waals surface area contributed by atoms with Crippen LogP contribution in [0.25, 0.3) is 10.8 Å². The zero-order valence-corrected chi connectivity index (χ0v) is 17.9. The summed E-state index contributed by atoms with van der Waals surface area (Å²) in [4.78, 5) is 26.6. The van der Waals surface area contributed by atoms with Crippen molar-refractivity contribution in [2.75, 3.05) is 18.0 Å². The Balaban J connectivity index is 1.19. The number of carbonyl (C=O) groups is 2. The minimum atomic E-state index is -0.243. The van der Waals surface area contributed by atoms with Crippen LogP contribution in [0, 0.1) is 12.8 Å². The number of esters is 1. The van der Waals surface area contributed by atoms with Crippen molar-refractivity contribution in [3.63, 3.8) is 0 Å². The van der Waals surface area contributed by atoms with Crippen LogP contribution in [0.15, 0.2) is 54.6 Å². The van der Waals surface area contributed by atoms with Crippen molar-refractivity contribution in [3.8, 4) is 5.75 Å². The van der Waals surface area contributed by atoms with Crippen LogP contribution >= 0.6 is 0 Å². The topological polar surface area (TPSA) is 46.6 Å². The van der Waals surface area contributed by atoms with Gasteiger partial charge < -0.3 is 9.64 Å².